The first-order valence-electron chi connectivity index (χ1n) is 6.09. The van der Waals surface area contributed by atoms with Crippen LogP contribution in [0.5, 0.6) is 0 Å². The molecule has 0 bridgehead atoms. The van der Waals surface area contributed by atoms with E-state index in [0.717, 1.165) is 3.57 Å². The van der Waals surface area contributed by atoms with Crippen molar-refractivity contribution in [1.29, 1.82) is 0 Å². The number of benzene rings is 1. The van der Waals surface area contributed by atoms with Gasteiger partial charge in [-0.2, -0.15) is 0 Å². The number of nitrogens with two attached hydrogens (primary N) is 1. The number of hydrogen-bond donors (Lipinski definition) is 3. The van der Waals surface area contributed by atoms with Crippen molar-refractivity contribution in [3.05, 3.63) is 26.8 Å². The number of anilines is 1. The fraction of sp³-hybridized carbons (Fsp3) is 0.385. The second-order valence-corrected chi connectivity index (χ2v) is 6.26. The fourth-order valence-electron chi connectivity index (χ4n) is 1.37. The third kappa shape index (κ3) is 5.26. The Morgan fingerprint density at radius 1 is 1.40 bits per heavy atom. The molecule has 0 aliphatic carbocycles. The fourth-order valence-corrected chi connectivity index (χ4v) is 2.38. The Morgan fingerprint density at radius 3 is 2.60 bits per heavy atom. The number of amides is 2. The highest BCUT2D eigenvalue weighted by atomic mass is 127. The molecular weight excluding hydrogens is 393 g/mol. The van der Waals surface area contributed by atoms with Gasteiger partial charge in [-0.05, 0) is 46.7 Å². The average Bonchev–Trinajstić information content (AvgIpc) is 2.38. The Bertz CT molecular complexity index is 508. The summed E-state index contributed by atoms with van der Waals surface area (Å²) in [6, 6.07) is 4.53. The van der Waals surface area contributed by atoms with E-state index in [1.165, 1.54) is 0 Å². The lowest BCUT2D eigenvalue weighted by atomic mass is 10.1. The van der Waals surface area contributed by atoms with Gasteiger partial charge in [0, 0.05) is 8.59 Å². The highest BCUT2D eigenvalue weighted by molar-refractivity contribution is 14.1. The van der Waals surface area contributed by atoms with Crippen molar-refractivity contribution in [2.75, 3.05) is 11.9 Å². The van der Waals surface area contributed by atoms with Crippen molar-refractivity contribution in [1.82, 2.24) is 5.32 Å². The third-order valence-corrected chi connectivity index (χ3v) is 3.78. The molecule has 0 aromatic heterocycles. The minimum atomic E-state index is -0.613. The van der Waals surface area contributed by atoms with Crippen molar-refractivity contribution in [3.63, 3.8) is 0 Å². The number of carbonyl (C=O) groups excluding carboxylic acids is 2. The molecule has 7 heteroatoms. The summed E-state index contributed by atoms with van der Waals surface area (Å²) in [4.78, 5) is 23.4. The van der Waals surface area contributed by atoms with E-state index in [4.69, 9.17) is 17.3 Å². The first-order chi connectivity index (χ1) is 9.31. The molecule has 0 radical (unpaired) electrons. The maximum atomic E-state index is 11.7. The van der Waals surface area contributed by atoms with E-state index in [-0.39, 0.29) is 24.3 Å². The summed E-state index contributed by atoms with van der Waals surface area (Å²) < 4.78 is 0.827. The van der Waals surface area contributed by atoms with Crippen LogP contribution in [0.25, 0.3) is 0 Å². The Morgan fingerprint density at radius 2 is 2.05 bits per heavy atom. The minimum Gasteiger partial charge on any atom is -0.346 e. The molecule has 1 aromatic rings. The molecule has 0 aliphatic rings. The second-order valence-electron chi connectivity index (χ2n) is 4.66. The number of carbonyl (C=O) groups is 2. The quantitative estimate of drug-likeness (QED) is 0.650. The lowest BCUT2D eigenvalue weighted by molar-refractivity contribution is -0.125. The molecule has 110 valence electrons. The molecule has 2 amide bonds. The molecule has 1 atom stereocenters. The van der Waals surface area contributed by atoms with Crippen molar-refractivity contribution < 1.29 is 9.59 Å². The van der Waals surface area contributed by atoms with Gasteiger partial charge in [-0.3, -0.25) is 9.59 Å². The zero-order chi connectivity index (χ0) is 15.3. The van der Waals surface area contributed by atoms with Crippen LogP contribution in [0.4, 0.5) is 5.69 Å². The van der Waals surface area contributed by atoms with Gasteiger partial charge in [0.25, 0.3) is 0 Å². The number of halogens is 2. The van der Waals surface area contributed by atoms with Crippen molar-refractivity contribution in [2.45, 2.75) is 19.9 Å². The van der Waals surface area contributed by atoms with Crippen LogP contribution in [-0.4, -0.2) is 24.4 Å². The summed E-state index contributed by atoms with van der Waals surface area (Å²) in [7, 11) is 0. The van der Waals surface area contributed by atoms with Gasteiger partial charge in [-0.1, -0.05) is 25.4 Å². The van der Waals surface area contributed by atoms with Crippen LogP contribution in [0, 0.1) is 9.49 Å². The topological polar surface area (TPSA) is 84.2 Å². The lowest BCUT2D eigenvalue weighted by Crippen LogP contribution is -2.46. The molecule has 0 unspecified atom stereocenters. The third-order valence-electron chi connectivity index (χ3n) is 2.65. The first kappa shape index (κ1) is 17.2. The second kappa shape index (κ2) is 7.80. The molecule has 0 heterocycles. The molecule has 4 N–H and O–H groups in total. The summed E-state index contributed by atoms with van der Waals surface area (Å²) in [6.45, 7) is 3.58. The Balaban J connectivity index is 2.50. The molecule has 0 aliphatic heterocycles. The predicted molar refractivity (Wildman–Crippen MR) is 88.6 cm³/mol. The first-order valence-corrected chi connectivity index (χ1v) is 7.55. The summed E-state index contributed by atoms with van der Waals surface area (Å²) in [5.74, 6) is -0.620. The molecule has 5 nitrogen and oxygen atoms in total. The normalized spacial score (nSPS) is 12.1. The van der Waals surface area contributed by atoms with Gasteiger partial charge in [-0.15, -0.1) is 0 Å². The van der Waals surface area contributed by atoms with Gasteiger partial charge in [0.2, 0.25) is 11.8 Å². The zero-order valence-corrected chi connectivity index (χ0v) is 14.2. The van der Waals surface area contributed by atoms with Gasteiger partial charge in [0.15, 0.2) is 0 Å². The SMILES string of the molecule is CC(C)[C@H](N)C(=O)NCC(=O)Nc1ccc(Cl)cc1I. The molecular formula is C13H17ClIN3O2. The molecule has 0 spiro atoms. The van der Waals surface area contributed by atoms with Crippen LogP contribution in [0.3, 0.4) is 0 Å². The van der Waals surface area contributed by atoms with Crippen molar-refractivity contribution in [2.24, 2.45) is 11.7 Å². The molecule has 1 rings (SSSR count). The Labute approximate surface area is 136 Å². The zero-order valence-electron chi connectivity index (χ0n) is 11.2. The van der Waals surface area contributed by atoms with Crippen LogP contribution >= 0.6 is 34.2 Å². The average molecular weight is 410 g/mol. The van der Waals surface area contributed by atoms with Crippen molar-refractivity contribution >= 4 is 51.7 Å². The maximum Gasteiger partial charge on any atom is 0.243 e. The maximum absolute atomic E-state index is 11.7. The van der Waals surface area contributed by atoms with Crippen LogP contribution in [0.15, 0.2) is 18.2 Å². The van der Waals surface area contributed by atoms with E-state index in [0.29, 0.717) is 10.7 Å². The number of hydrogen-bond acceptors (Lipinski definition) is 3. The Kier molecular flexibility index (Phi) is 6.70. The van der Waals surface area contributed by atoms with E-state index in [9.17, 15) is 9.59 Å². The van der Waals surface area contributed by atoms with E-state index >= 15 is 0 Å². The minimum absolute atomic E-state index is 0.0234. The molecule has 0 saturated heterocycles. The van der Waals surface area contributed by atoms with Crippen LogP contribution in [-0.2, 0) is 9.59 Å². The highest BCUT2D eigenvalue weighted by Gasteiger charge is 2.17. The standard InChI is InChI=1S/C13H17ClIN3O2/c1-7(2)12(16)13(20)17-6-11(19)18-10-4-3-8(14)5-9(10)15/h3-5,7,12H,6,16H2,1-2H3,(H,17,20)(H,18,19)/t12-/m0/s1. The summed E-state index contributed by atoms with van der Waals surface area (Å²) in [5, 5.41) is 5.81. The summed E-state index contributed by atoms with van der Waals surface area (Å²) >= 11 is 7.91. The number of rotatable bonds is 5. The van der Waals surface area contributed by atoms with E-state index in [1.54, 1.807) is 18.2 Å². The van der Waals surface area contributed by atoms with Gasteiger partial charge in [0.05, 0.1) is 18.3 Å². The van der Waals surface area contributed by atoms with Gasteiger partial charge in [-0.25, -0.2) is 0 Å². The van der Waals surface area contributed by atoms with Gasteiger partial charge >= 0.3 is 0 Å². The largest absolute Gasteiger partial charge is 0.346 e. The molecule has 20 heavy (non-hydrogen) atoms. The molecule has 1 aromatic carbocycles. The van der Waals surface area contributed by atoms with Crippen LogP contribution < -0.4 is 16.4 Å². The van der Waals surface area contributed by atoms with E-state index < -0.39 is 6.04 Å². The summed E-state index contributed by atoms with van der Waals surface area (Å²) in [6.07, 6.45) is 0. The van der Waals surface area contributed by atoms with Gasteiger partial charge < -0.3 is 16.4 Å². The summed E-state index contributed by atoms with van der Waals surface area (Å²) in [5.41, 5.74) is 6.33. The van der Waals surface area contributed by atoms with Crippen LogP contribution in [0.2, 0.25) is 5.02 Å². The monoisotopic (exact) mass is 409 g/mol. The Hall–Kier alpha value is -0.860. The van der Waals surface area contributed by atoms with Gasteiger partial charge in [0.1, 0.15) is 0 Å². The van der Waals surface area contributed by atoms with Crippen molar-refractivity contribution in [3.8, 4) is 0 Å². The highest BCUT2D eigenvalue weighted by Crippen LogP contribution is 2.22. The van der Waals surface area contributed by atoms with E-state index in [2.05, 4.69) is 33.2 Å². The van der Waals surface area contributed by atoms with Crippen LogP contribution in [0.1, 0.15) is 13.8 Å². The predicted octanol–water partition coefficient (Wildman–Crippen LogP) is 1.98. The molecule has 0 saturated carbocycles. The number of nitrogens with one attached hydrogen (secondary N) is 2. The molecule has 0 fully saturated rings. The van der Waals surface area contributed by atoms with E-state index in [1.807, 2.05) is 13.8 Å². The lowest BCUT2D eigenvalue weighted by Gasteiger charge is -2.15. The smallest absolute Gasteiger partial charge is 0.243 e.